The van der Waals surface area contributed by atoms with Gasteiger partial charge in [-0.1, -0.05) is 0 Å². The minimum Gasteiger partial charge on any atom is -0.499 e. The second-order valence-electron chi connectivity index (χ2n) is 1.77. The Hall–Kier alpha value is -0.463. The summed E-state index contributed by atoms with van der Waals surface area (Å²) in [6, 6.07) is 0. The molecule has 0 saturated heterocycles. The number of rotatable bonds is 7. The van der Waals surface area contributed by atoms with Gasteiger partial charge in [0.25, 0.3) is 0 Å². The van der Waals surface area contributed by atoms with Crippen molar-refractivity contribution in [3.63, 3.8) is 0 Å². The number of hydrogen-bond acceptors (Lipinski definition) is 5. The molecule has 0 atom stereocenters. The molecule has 0 rings (SSSR count). The predicted molar refractivity (Wildman–Crippen MR) is 41.6 cm³/mol. The van der Waals surface area contributed by atoms with Gasteiger partial charge in [-0.3, -0.25) is 4.46 Å². The third kappa shape index (κ3) is 5.22. The van der Waals surface area contributed by atoms with Gasteiger partial charge in [0.15, 0.2) is 0 Å². The molecule has 72 valence electrons. The van der Waals surface area contributed by atoms with Gasteiger partial charge in [0.2, 0.25) is 0 Å². The fourth-order valence-electron chi connectivity index (χ4n) is 0.515. The lowest BCUT2D eigenvalue weighted by Crippen LogP contribution is -2.26. The topological polar surface area (TPSA) is 54.0 Å². The van der Waals surface area contributed by atoms with Crippen molar-refractivity contribution >= 4 is 9.17 Å². The Kier molecular flexibility index (Phi) is 6.92. The molecule has 0 aliphatic rings. The highest BCUT2D eigenvalue weighted by Gasteiger charge is 2.17. The van der Waals surface area contributed by atoms with Crippen LogP contribution in [0.1, 0.15) is 13.8 Å². The van der Waals surface area contributed by atoms with Crippen LogP contribution in [-0.2, 0) is 22.8 Å². The lowest BCUT2D eigenvalue weighted by molar-refractivity contribution is -0.251. The summed E-state index contributed by atoms with van der Waals surface area (Å²) in [5.74, 6) is 0. The standard InChI is InChI=1S/C6H14O5Si/c1-4-9-6(10-5-2)11-12(7)8-3/h6H,4-5H2,1-3H3. The Morgan fingerprint density at radius 2 is 1.75 bits per heavy atom. The van der Waals surface area contributed by atoms with Crippen LogP contribution in [0.25, 0.3) is 0 Å². The molecule has 0 aromatic carbocycles. The Morgan fingerprint density at radius 1 is 1.25 bits per heavy atom. The fraction of sp³-hybridized carbons (Fsp3) is 1.00. The van der Waals surface area contributed by atoms with Crippen LogP contribution in [0.4, 0.5) is 0 Å². The molecule has 0 unspecified atom stereocenters. The van der Waals surface area contributed by atoms with E-state index in [1.807, 2.05) is 0 Å². The van der Waals surface area contributed by atoms with Gasteiger partial charge in [-0.25, -0.2) is 0 Å². The molecular weight excluding hydrogens is 180 g/mol. The summed E-state index contributed by atoms with van der Waals surface area (Å²) < 4.78 is 29.9. The minimum atomic E-state index is -2.47. The van der Waals surface area contributed by atoms with E-state index in [-0.39, 0.29) is 0 Å². The van der Waals surface area contributed by atoms with Gasteiger partial charge in [0.05, 0.1) is 20.3 Å². The van der Waals surface area contributed by atoms with Crippen molar-refractivity contribution in [2.45, 2.75) is 20.3 Å². The highest BCUT2D eigenvalue weighted by atomic mass is 28.3. The van der Waals surface area contributed by atoms with Crippen LogP contribution in [0.15, 0.2) is 0 Å². The van der Waals surface area contributed by atoms with Crippen LogP contribution in [0.5, 0.6) is 0 Å². The predicted octanol–water partition coefficient (Wildman–Crippen LogP) is 0.421. The molecule has 0 radical (unpaired) electrons. The van der Waals surface area contributed by atoms with Crippen molar-refractivity contribution in [1.29, 1.82) is 0 Å². The van der Waals surface area contributed by atoms with E-state index in [2.05, 4.69) is 4.43 Å². The molecule has 0 amide bonds. The molecular formula is C6H14O5Si. The molecule has 0 spiro atoms. The molecule has 5 nitrogen and oxygen atoms in total. The van der Waals surface area contributed by atoms with E-state index < -0.39 is 15.6 Å². The van der Waals surface area contributed by atoms with Crippen molar-refractivity contribution < 1.29 is 22.8 Å². The van der Waals surface area contributed by atoms with E-state index in [1.54, 1.807) is 13.8 Å². The maximum atomic E-state index is 10.8. The molecule has 0 fully saturated rings. The first-order valence-corrected chi connectivity index (χ1v) is 4.94. The number of hydrogen-bond donors (Lipinski definition) is 0. The lowest BCUT2D eigenvalue weighted by atomic mass is 10.8. The Labute approximate surface area is 73.5 Å². The molecule has 0 bridgehead atoms. The van der Waals surface area contributed by atoms with E-state index in [1.165, 1.54) is 7.11 Å². The second kappa shape index (κ2) is 7.20. The third-order valence-corrected chi connectivity index (χ3v) is 1.68. The molecule has 0 aliphatic heterocycles. The van der Waals surface area contributed by atoms with E-state index in [4.69, 9.17) is 13.9 Å². The van der Waals surface area contributed by atoms with Gasteiger partial charge < -0.3 is 18.3 Å². The smallest absolute Gasteiger partial charge is 0.499 e. The molecule has 0 heterocycles. The highest BCUT2D eigenvalue weighted by molar-refractivity contribution is 6.26. The SMILES string of the molecule is CCOC(OCC)O[Si](=O)OC. The van der Waals surface area contributed by atoms with Crippen molar-refractivity contribution in [3.8, 4) is 0 Å². The Bertz CT molecular complexity index is 123. The summed E-state index contributed by atoms with van der Waals surface area (Å²) in [5.41, 5.74) is 0. The first kappa shape index (κ1) is 11.5. The molecule has 0 N–H and O–H groups in total. The van der Waals surface area contributed by atoms with Crippen LogP contribution >= 0.6 is 0 Å². The van der Waals surface area contributed by atoms with Gasteiger partial charge >= 0.3 is 15.6 Å². The van der Waals surface area contributed by atoms with Gasteiger partial charge in [0, 0.05) is 0 Å². The summed E-state index contributed by atoms with van der Waals surface area (Å²) >= 11 is 0. The van der Waals surface area contributed by atoms with Gasteiger partial charge in [-0.2, -0.15) is 0 Å². The van der Waals surface area contributed by atoms with Crippen molar-refractivity contribution in [1.82, 2.24) is 0 Å². The maximum Gasteiger partial charge on any atom is 0.770 e. The van der Waals surface area contributed by atoms with Crippen LogP contribution in [-0.4, -0.2) is 36.0 Å². The van der Waals surface area contributed by atoms with Gasteiger partial charge in [0.1, 0.15) is 0 Å². The van der Waals surface area contributed by atoms with Gasteiger partial charge in [-0.15, -0.1) is 0 Å². The highest BCUT2D eigenvalue weighted by Crippen LogP contribution is 1.97. The zero-order chi connectivity index (χ0) is 9.40. The van der Waals surface area contributed by atoms with Crippen LogP contribution in [0.3, 0.4) is 0 Å². The monoisotopic (exact) mass is 194 g/mol. The summed E-state index contributed by atoms with van der Waals surface area (Å²) in [6.45, 7) is 3.57. The molecule has 12 heavy (non-hydrogen) atoms. The van der Waals surface area contributed by atoms with Crippen molar-refractivity contribution in [2.75, 3.05) is 20.3 Å². The Balaban J connectivity index is 3.68. The first-order valence-electron chi connectivity index (χ1n) is 3.72. The molecule has 6 heteroatoms. The Morgan fingerprint density at radius 3 is 2.08 bits per heavy atom. The summed E-state index contributed by atoms with van der Waals surface area (Å²) in [7, 11) is -1.17. The summed E-state index contributed by atoms with van der Waals surface area (Å²) in [4.78, 5) is 0. The van der Waals surface area contributed by atoms with Crippen molar-refractivity contribution in [2.24, 2.45) is 0 Å². The quantitative estimate of drug-likeness (QED) is 0.434. The second-order valence-corrected chi connectivity index (χ2v) is 2.92. The normalized spacial score (nSPS) is 10.0. The van der Waals surface area contributed by atoms with Crippen LogP contribution in [0, 0.1) is 0 Å². The fourth-order valence-corrected chi connectivity index (χ4v) is 0.904. The summed E-state index contributed by atoms with van der Waals surface area (Å²) in [5, 5.41) is 0. The maximum absolute atomic E-state index is 10.8. The minimum absolute atomic E-state index is 0.434. The van der Waals surface area contributed by atoms with E-state index in [0.717, 1.165) is 0 Å². The molecule has 0 aromatic heterocycles. The molecule has 0 aromatic rings. The molecule has 0 saturated carbocycles. The average molecular weight is 194 g/mol. The average Bonchev–Trinajstić information content (AvgIpc) is 2.05. The zero-order valence-electron chi connectivity index (χ0n) is 7.53. The zero-order valence-corrected chi connectivity index (χ0v) is 8.53. The van der Waals surface area contributed by atoms with Crippen molar-refractivity contribution in [3.05, 3.63) is 0 Å². The lowest BCUT2D eigenvalue weighted by Gasteiger charge is -2.15. The number of ether oxygens (including phenoxy) is 2. The largest absolute Gasteiger partial charge is 0.770 e. The van der Waals surface area contributed by atoms with Crippen LogP contribution < -0.4 is 0 Å². The van der Waals surface area contributed by atoms with E-state index in [9.17, 15) is 4.46 Å². The van der Waals surface area contributed by atoms with Crippen LogP contribution in [0.2, 0.25) is 0 Å². The first-order chi connectivity index (χ1) is 5.74. The van der Waals surface area contributed by atoms with E-state index >= 15 is 0 Å². The summed E-state index contributed by atoms with van der Waals surface area (Å²) in [6.07, 6.45) is 0. The third-order valence-electron chi connectivity index (χ3n) is 0.965. The van der Waals surface area contributed by atoms with Gasteiger partial charge in [-0.05, 0) is 13.8 Å². The molecule has 0 aliphatic carbocycles. The van der Waals surface area contributed by atoms with E-state index in [0.29, 0.717) is 13.2 Å².